The Labute approximate surface area is 109 Å². The molecule has 0 amide bonds. The molecule has 0 saturated heterocycles. The maximum atomic E-state index is 6.08. The number of rotatable bonds is 4. The predicted octanol–water partition coefficient (Wildman–Crippen LogP) is 3.55. The minimum Gasteiger partial charge on any atom is -0.497 e. The molecule has 0 heterocycles. The van der Waals surface area contributed by atoms with E-state index in [1.807, 2.05) is 23.9 Å². The van der Waals surface area contributed by atoms with Crippen LogP contribution in [0.25, 0.3) is 0 Å². The highest BCUT2D eigenvalue weighted by atomic mass is 32.2. The van der Waals surface area contributed by atoms with Gasteiger partial charge in [-0.15, -0.1) is 11.8 Å². The van der Waals surface area contributed by atoms with Crippen molar-refractivity contribution < 1.29 is 4.74 Å². The fourth-order valence-electron chi connectivity index (χ4n) is 1.87. The lowest BCUT2D eigenvalue weighted by Crippen LogP contribution is -2.38. The Kier molecular flexibility index (Phi) is 4.90. The molecule has 1 rings (SSSR count). The number of hydrogen-bond acceptors (Lipinski definition) is 3. The number of thioether (sulfide) groups is 1. The van der Waals surface area contributed by atoms with E-state index in [0.717, 1.165) is 5.75 Å². The third kappa shape index (κ3) is 4.25. The Balaban J connectivity index is 2.79. The van der Waals surface area contributed by atoms with E-state index in [2.05, 4.69) is 39.8 Å². The van der Waals surface area contributed by atoms with E-state index in [4.69, 9.17) is 10.5 Å². The van der Waals surface area contributed by atoms with Crippen LogP contribution in [0.1, 0.15) is 27.7 Å². The summed E-state index contributed by atoms with van der Waals surface area (Å²) in [4.78, 5) is 1.24. The van der Waals surface area contributed by atoms with Gasteiger partial charge in [-0.3, -0.25) is 0 Å². The van der Waals surface area contributed by atoms with Crippen molar-refractivity contribution in [1.29, 1.82) is 0 Å². The van der Waals surface area contributed by atoms with Crippen LogP contribution >= 0.6 is 11.8 Å². The highest BCUT2D eigenvalue weighted by molar-refractivity contribution is 8.00. The van der Waals surface area contributed by atoms with E-state index < -0.39 is 0 Å². The lowest BCUT2D eigenvalue weighted by atomic mass is 9.88. The van der Waals surface area contributed by atoms with Crippen molar-refractivity contribution >= 4 is 11.8 Å². The van der Waals surface area contributed by atoms with E-state index in [9.17, 15) is 0 Å². The molecule has 0 bridgehead atoms. The normalized spacial score (nSPS) is 15.4. The van der Waals surface area contributed by atoms with Crippen molar-refractivity contribution in [3.63, 3.8) is 0 Å². The van der Waals surface area contributed by atoms with Crippen LogP contribution in [0.4, 0.5) is 0 Å². The standard InChI is InChI=1S/C14H23NOS/c1-10(15)13(14(2,3)4)17-12-8-6-11(16-5)7-9-12/h6-10,13H,15H2,1-5H3. The Hall–Kier alpha value is -0.670. The molecule has 0 spiro atoms. The molecule has 17 heavy (non-hydrogen) atoms. The summed E-state index contributed by atoms with van der Waals surface area (Å²) in [5, 5.41) is 0.399. The highest BCUT2D eigenvalue weighted by Gasteiger charge is 2.28. The second kappa shape index (κ2) is 5.78. The van der Waals surface area contributed by atoms with Gasteiger partial charge >= 0.3 is 0 Å². The number of hydrogen-bond donors (Lipinski definition) is 1. The zero-order valence-corrected chi connectivity index (χ0v) is 12.2. The van der Waals surface area contributed by atoms with Gasteiger partial charge in [0, 0.05) is 16.2 Å². The van der Waals surface area contributed by atoms with Crippen molar-refractivity contribution in [2.75, 3.05) is 7.11 Å². The Morgan fingerprint density at radius 1 is 1.18 bits per heavy atom. The first-order valence-electron chi connectivity index (χ1n) is 5.91. The van der Waals surface area contributed by atoms with E-state index in [-0.39, 0.29) is 11.5 Å². The van der Waals surface area contributed by atoms with Gasteiger partial charge in [-0.05, 0) is 36.6 Å². The Bertz CT molecular complexity index is 340. The second-order valence-electron chi connectivity index (χ2n) is 5.44. The van der Waals surface area contributed by atoms with E-state index >= 15 is 0 Å². The van der Waals surface area contributed by atoms with Gasteiger partial charge < -0.3 is 10.5 Å². The van der Waals surface area contributed by atoms with E-state index in [1.165, 1.54) is 4.90 Å². The largest absolute Gasteiger partial charge is 0.497 e. The van der Waals surface area contributed by atoms with Crippen molar-refractivity contribution in [1.82, 2.24) is 0 Å². The van der Waals surface area contributed by atoms with Crippen molar-refractivity contribution in [2.24, 2.45) is 11.1 Å². The molecule has 2 unspecified atom stereocenters. The molecule has 96 valence electrons. The van der Waals surface area contributed by atoms with Crippen LogP contribution in [-0.4, -0.2) is 18.4 Å². The molecule has 2 atom stereocenters. The van der Waals surface area contributed by atoms with Gasteiger partial charge in [0.25, 0.3) is 0 Å². The van der Waals surface area contributed by atoms with Gasteiger partial charge in [-0.2, -0.15) is 0 Å². The smallest absolute Gasteiger partial charge is 0.118 e. The molecule has 0 radical (unpaired) electrons. The van der Waals surface area contributed by atoms with Gasteiger partial charge in [0.15, 0.2) is 0 Å². The quantitative estimate of drug-likeness (QED) is 0.833. The maximum Gasteiger partial charge on any atom is 0.118 e. The van der Waals surface area contributed by atoms with Crippen LogP contribution in [0.15, 0.2) is 29.2 Å². The zero-order chi connectivity index (χ0) is 13.1. The first-order chi connectivity index (χ1) is 7.84. The summed E-state index contributed by atoms with van der Waals surface area (Å²) in [7, 11) is 1.68. The Morgan fingerprint density at radius 2 is 1.71 bits per heavy atom. The number of benzene rings is 1. The monoisotopic (exact) mass is 253 g/mol. The first-order valence-corrected chi connectivity index (χ1v) is 6.79. The van der Waals surface area contributed by atoms with E-state index in [0.29, 0.717) is 5.25 Å². The topological polar surface area (TPSA) is 35.2 Å². The molecule has 1 aromatic carbocycles. The average molecular weight is 253 g/mol. The fraction of sp³-hybridized carbons (Fsp3) is 0.571. The van der Waals surface area contributed by atoms with Crippen LogP contribution < -0.4 is 10.5 Å². The molecule has 0 saturated carbocycles. The van der Waals surface area contributed by atoms with Crippen LogP contribution in [-0.2, 0) is 0 Å². The molecule has 0 aliphatic rings. The summed E-state index contributed by atoms with van der Waals surface area (Å²) in [5.74, 6) is 0.891. The third-order valence-electron chi connectivity index (χ3n) is 2.65. The molecule has 1 aromatic rings. The zero-order valence-electron chi connectivity index (χ0n) is 11.4. The lowest BCUT2D eigenvalue weighted by Gasteiger charge is -2.33. The Morgan fingerprint density at radius 3 is 2.06 bits per heavy atom. The van der Waals surface area contributed by atoms with Crippen LogP contribution in [0.2, 0.25) is 0 Å². The molecule has 0 aliphatic heterocycles. The maximum absolute atomic E-state index is 6.08. The summed E-state index contributed by atoms with van der Waals surface area (Å²) in [6.07, 6.45) is 0. The minimum atomic E-state index is 0.169. The summed E-state index contributed by atoms with van der Waals surface area (Å²) in [5.41, 5.74) is 6.27. The van der Waals surface area contributed by atoms with E-state index in [1.54, 1.807) is 7.11 Å². The number of methoxy groups -OCH3 is 1. The number of ether oxygens (including phenoxy) is 1. The molecule has 0 aliphatic carbocycles. The summed E-state index contributed by atoms with van der Waals surface area (Å²) < 4.78 is 5.15. The number of nitrogens with two attached hydrogens (primary N) is 1. The second-order valence-corrected chi connectivity index (χ2v) is 6.65. The minimum absolute atomic E-state index is 0.169. The molecule has 3 heteroatoms. The summed E-state index contributed by atoms with van der Waals surface area (Å²) >= 11 is 1.84. The van der Waals surface area contributed by atoms with Gasteiger partial charge in [-0.1, -0.05) is 20.8 Å². The SMILES string of the molecule is COc1ccc(SC(C(C)N)C(C)(C)C)cc1. The van der Waals surface area contributed by atoms with Crippen molar-refractivity contribution in [3.8, 4) is 5.75 Å². The lowest BCUT2D eigenvalue weighted by molar-refractivity contribution is 0.363. The average Bonchev–Trinajstić information content (AvgIpc) is 2.24. The fourth-order valence-corrected chi connectivity index (χ4v) is 3.03. The highest BCUT2D eigenvalue weighted by Crippen LogP contribution is 2.37. The molecule has 0 fully saturated rings. The van der Waals surface area contributed by atoms with Crippen molar-refractivity contribution in [2.45, 2.75) is 43.9 Å². The van der Waals surface area contributed by atoms with Gasteiger partial charge in [0.2, 0.25) is 0 Å². The van der Waals surface area contributed by atoms with Gasteiger partial charge in [0.05, 0.1) is 7.11 Å². The van der Waals surface area contributed by atoms with Crippen molar-refractivity contribution in [3.05, 3.63) is 24.3 Å². The van der Waals surface area contributed by atoms with Gasteiger partial charge in [0.1, 0.15) is 5.75 Å². The van der Waals surface area contributed by atoms with Crippen LogP contribution in [0, 0.1) is 5.41 Å². The molecular formula is C14H23NOS. The molecule has 2 N–H and O–H groups in total. The van der Waals surface area contributed by atoms with Crippen LogP contribution in [0.5, 0.6) is 5.75 Å². The summed E-state index contributed by atoms with van der Waals surface area (Å²) in [6.45, 7) is 8.78. The molecule has 0 aromatic heterocycles. The molecule has 2 nitrogen and oxygen atoms in total. The third-order valence-corrected chi connectivity index (χ3v) is 4.59. The summed E-state index contributed by atoms with van der Waals surface area (Å²) in [6, 6.07) is 8.32. The first kappa shape index (κ1) is 14.4. The predicted molar refractivity (Wildman–Crippen MR) is 75.7 cm³/mol. The van der Waals surface area contributed by atoms with Gasteiger partial charge in [-0.25, -0.2) is 0 Å². The molecular weight excluding hydrogens is 230 g/mol. The van der Waals surface area contributed by atoms with Crippen LogP contribution in [0.3, 0.4) is 0 Å².